The third-order valence-electron chi connectivity index (χ3n) is 4.99. The van der Waals surface area contributed by atoms with Crippen LogP contribution in [0.5, 0.6) is 0 Å². The summed E-state index contributed by atoms with van der Waals surface area (Å²) >= 11 is 1.53. The zero-order valence-electron chi connectivity index (χ0n) is 14.7. The average Bonchev–Trinajstić information content (AvgIpc) is 3.18. The lowest BCUT2D eigenvalue weighted by Crippen LogP contribution is -2.35. The van der Waals surface area contributed by atoms with E-state index in [9.17, 15) is 4.79 Å². The number of benzene rings is 1. The van der Waals surface area contributed by atoms with Crippen LogP contribution in [0.4, 0.5) is 0 Å². The van der Waals surface area contributed by atoms with Gasteiger partial charge in [0.25, 0.3) is 5.91 Å². The molecule has 0 atom stereocenters. The molecule has 3 aromatic rings. The van der Waals surface area contributed by atoms with E-state index in [0.717, 1.165) is 39.3 Å². The number of carbonyl (C=O) groups excluding carboxylic acids is 1. The second-order valence-electron chi connectivity index (χ2n) is 6.97. The first-order valence-electron chi connectivity index (χ1n) is 8.99. The number of aryl methyl sites for hydroxylation is 2. The predicted molar refractivity (Wildman–Crippen MR) is 103 cm³/mol. The fraction of sp³-hybridized carbons (Fsp3) is 0.400. The third-order valence-corrected chi connectivity index (χ3v) is 6.10. The molecular weight excluding hydrogens is 330 g/mol. The van der Waals surface area contributed by atoms with E-state index < -0.39 is 0 Å². The maximum absolute atomic E-state index is 12.7. The van der Waals surface area contributed by atoms with Crippen LogP contribution < -0.4 is 5.32 Å². The number of aromatic nitrogens is 2. The monoisotopic (exact) mass is 353 g/mol. The lowest BCUT2D eigenvalue weighted by atomic mass is 9.95. The number of fused-ring (bicyclic) bond motifs is 1. The summed E-state index contributed by atoms with van der Waals surface area (Å²) in [6, 6.07) is 10.6. The first kappa shape index (κ1) is 16.3. The number of nitrogens with one attached hydrogen (secondary N) is 1. The highest BCUT2D eigenvalue weighted by atomic mass is 32.1. The second kappa shape index (κ2) is 6.64. The third kappa shape index (κ3) is 3.21. The molecule has 130 valence electrons. The minimum atomic E-state index is 0.0583. The number of thiophene rings is 1. The number of rotatable bonds is 3. The lowest BCUT2D eigenvalue weighted by molar-refractivity contribution is 0.0932. The summed E-state index contributed by atoms with van der Waals surface area (Å²) in [5.74, 6) is 0.0583. The summed E-state index contributed by atoms with van der Waals surface area (Å²) in [6.07, 6.45) is 5.94. The average molecular weight is 353 g/mol. The highest BCUT2D eigenvalue weighted by molar-refractivity contribution is 7.20. The van der Waals surface area contributed by atoms with E-state index in [1.807, 2.05) is 17.7 Å². The molecule has 4 nitrogen and oxygen atoms in total. The first-order chi connectivity index (χ1) is 12.1. The van der Waals surface area contributed by atoms with E-state index in [-0.39, 0.29) is 5.91 Å². The largest absolute Gasteiger partial charge is 0.349 e. The van der Waals surface area contributed by atoms with E-state index in [1.165, 1.54) is 36.2 Å². The van der Waals surface area contributed by atoms with Gasteiger partial charge in [-0.15, -0.1) is 11.3 Å². The van der Waals surface area contributed by atoms with E-state index in [0.29, 0.717) is 6.04 Å². The van der Waals surface area contributed by atoms with Crippen molar-refractivity contribution >= 4 is 27.5 Å². The van der Waals surface area contributed by atoms with Crippen molar-refractivity contribution in [2.75, 3.05) is 0 Å². The highest BCUT2D eigenvalue weighted by Gasteiger charge is 2.20. The molecule has 0 spiro atoms. The van der Waals surface area contributed by atoms with E-state index >= 15 is 0 Å². The van der Waals surface area contributed by atoms with Gasteiger partial charge in [-0.05, 0) is 44.9 Å². The summed E-state index contributed by atoms with van der Waals surface area (Å²) in [5.41, 5.74) is 3.22. The fourth-order valence-corrected chi connectivity index (χ4v) is 4.61. The summed E-state index contributed by atoms with van der Waals surface area (Å²) in [6.45, 7) is 4.08. The molecule has 4 rings (SSSR count). The molecule has 1 saturated carbocycles. The van der Waals surface area contributed by atoms with Gasteiger partial charge in [0.2, 0.25) is 0 Å². The zero-order chi connectivity index (χ0) is 17.4. The standard InChI is InChI=1S/C20H23N3OS/c1-13-8-10-16(11-9-13)23-20-17(14(2)22-23)12-18(25-20)19(24)21-15-6-4-3-5-7-15/h8-12,15H,3-7H2,1-2H3,(H,21,24). The van der Waals surface area contributed by atoms with Gasteiger partial charge in [0.05, 0.1) is 16.3 Å². The number of hydrogen-bond acceptors (Lipinski definition) is 3. The maximum atomic E-state index is 12.7. The van der Waals surface area contributed by atoms with Crippen LogP contribution >= 0.6 is 11.3 Å². The van der Waals surface area contributed by atoms with Crippen molar-refractivity contribution in [3.05, 3.63) is 46.5 Å². The number of amides is 1. The van der Waals surface area contributed by atoms with E-state index in [4.69, 9.17) is 0 Å². The molecule has 0 aliphatic heterocycles. The SMILES string of the molecule is Cc1ccc(-n2nc(C)c3cc(C(=O)NC4CCCCC4)sc32)cc1. The van der Waals surface area contributed by atoms with Crippen molar-refractivity contribution in [1.29, 1.82) is 0 Å². The van der Waals surface area contributed by atoms with Crippen LogP contribution in [0.25, 0.3) is 15.9 Å². The summed E-state index contributed by atoms with van der Waals surface area (Å²) in [7, 11) is 0. The van der Waals surface area contributed by atoms with Gasteiger partial charge in [-0.1, -0.05) is 37.0 Å². The van der Waals surface area contributed by atoms with Crippen LogP contribution in [0.15, 0.2) is 30.3 Å². The van der Waals surface area contributed by atoms with Crippen molar-refractivity contribution in [1.82, 2.24) is 15.1 Å². The fourth-order valence-electron chi connectivity index (χ4n) is 3.52. The van der Waals surface area contributed by atoms with Gasteiger partial charge in [-0.25, -0.2) is 4.68 Å². The van der Waals surface area contributed by atoms with E-state index in [1.54, 1.807) is 0 Å². The van der Waals surface area contributed by atoms with Gasteiger partial charge < -0.3 is 5.32 Å². The molecule has 25 heavy (non-hydrogen) atoms. The first-order valence-corrected chi connectivity index (χ1v) is 9.80. The minimum Gasteiger partial charge on any atom is -0.349 e. The maximum Gasteiger partial charge on any atom is 0.261 e. The molecule has 2 heterocycles. The van der Waals surface area contributed by atoms with Crippen LogP contribution in [0.1, 0.15) is 53.0 Å². The van der Waals surface area contributed by atoms with Crippen LogP contribution in [-0.2, 0) is 0 Å². The Balaban J connectivity index is 1.64. The summed E-state index contributed by atoms with van der Waals surface area (Å²) in [4.78, 5) is 14.5. The molecule has 1 fully saturated rings. The minimum absolute atomic E-state index is 0.0583. The summed E-state index contributed by atoms with van der Waals surface area (Å²) in [5, 5.41) is 8.94. The van der Waals surface area contributed by atoms with Gasteiger partial charge in [-0.2, -0.15) is 5.10 Å². The quantitative estimate of drug-likeness (QED) is 0.737. The Morgan fingerprint density at radius 1 is 1.16 bits per heavy atom. The number of hydrogen-bond donors (Lipinski definition) is 1. The van der Waals surface area contributed by atoms with Crippen molar-refractivity contribution in [3.63, 3.8) is 0 Å². The Kier molecular flexibility index (Phi) is 4.34. The lowest BCUT2D eigenvalue weighted by Gasteiger charge is -2.22. The highest BCUT2D eigenvalue weighted by Crippen LogP contribution is 2.31. The van der Waals surface area contributed by atoms with Gasteiger partial charge in [0, 0.05) is 11.4 Å². The Morgan fingerprint density at radius 3 is 2.60 bits per heavy atom. The smallest absolute Gasteiger partial charge is 0.261 e. The molecule has 0 saturated heterocycles. The van der Waals surface area contributed by atoms with Crippen molar-refractivity contribution < 1.29 is 4.79 Å². The molecule has 1 aliphatic carbocycles. The Morgan fingerprint density at radius 2 is 1.88 bits per heavy atom. The van der Waals surface area contributed by atoms with Crippen LogP contribution in [0.3, 0.4) is 0 Å². The van der Waals surface area contributed by atoms with Crippen molar-refractivity contribution in [2.24, 2.45) is 0 Å². The van der Waals surface area contributed by atoms with Crippen molar-refractivity contribution in [2.45, 2.75) is 52.0 Å². The van der Waals surface area contributed by atoms with Gasteiger partial charge in [-0.3, -0.25) is 4.79 Å². The van der Waals surface area contributed by atoms with Gasteiger partial charge >= 0.3 is 0 Å². The van der Waals surface area contributed by atoms with Gasteiger partial charge in [0.15, 0.2) is 0 Å². The molecule has 0 radical (unpaired) electrons. The molecule has 0 unspecified atom stereocenters. The van der Waals surface area contributed by atoms with Crippen LogP contribution in [0, 0.1) is 13.8 Å². The molecule has 2 aromatic heterocycles. The van der Waals surface area contributed by atoms with Crippen LogP contribution in [-0.4, -0.2) is 21.7 Å². The molecule has 1 aliphatic rings. The Bertz CT molecular complexity index is 901. The molecule has 0 bridgehead atoms. The molecule has 1 amide bonds. The van der Waals surface area contributed by atoms with Gasteiger partial charge in [0.1, 0.15) is 4.83 Å². The molecule has 1 aromatic carbocycles. The normalized spacial score (nSPS) is 15.6. The molecule has 5 heteroatoms. The predicted octanol–water partition coefficient (Wildman–Crippen LogP) is 4.77. The molecular formula is C20H23N3OS. The zero-order valence-corrected chi connectivity index (χ0v) is 15.5. The number of nitrogens with zero attached hydrogens (tertiary/aromatic N) is 2. The topological polar surface area (TPSA) is 46.9 Å². The Hall–Kier alpha value is -2.14. The number of carbonyl (C=O) groups is 1. The van der Waals surface area contributed by atoms with Crippen molar-refractivity contribution in [3.8, 4) is 5.69 Å². The Labute approximate surface area is 151 Å². The second-order valence-corrected chi connectivity index (χ2v) is 8.00. The molecule has 1 N–H and O–H groups in total. The van der Waals surface area contributed by atoms with E-state index in [2.05, 4.69) is 41.6 Å². The summed E-state index contributed by atoms with van der Waals surface area (Å²) < 4.78 is 1.95. The van der Waals surface area contributed by atoms with Crippen LogP contribution in [0.2, 0.25) is 0 Å².